The van der Waals surface area contributed by atoms with Crippen molar-refractivity contribution >= 4 is 44.8 Å². The number of benzene rings is 1. The van der Waals surface area contributed by atoms with Crippen LogP contribution >= 0.6 is 22.7 Å². The number of carbonyl (C=O) groups is 2. The lowest BCUT2D eigenvalue weighted by molar-refractivity contribution is -0.148. The van der Waals surface area contributed by atoms with E-state index in [4.69, 9.17) is 4.74 Å². The number of hydrogen-bond donors (Lipinski definition) is 1. The van der Waals surface area contributed by atoms with Gasteiger partial charge in [0.25, 0.3) is 5.91 Å². The Morgan fingerprint density at radius 2 is 2.00 bits per heavy atom. The van der Waals surface area contributed by atoms with Gasteiger partial charge in [0.05, 0.1) is 15.1 Å². The fourth-order valence-corrected chi connectivity index (χ4v) is 3.83. The predicted molar refractivity (Wildman–Crippen MR) is 99.8 cm³/mol. The van der Waals surface area contributed by atoms with E-state index >= 15 is 0 Å². The molecule has 1 atom stereocenters. The zero-order chi connectivity index (χ0) is 17.8. The van der Waals surface area contributed by atoms with Crippen molar-refractivity contribution < 1.29 is 14.3 Å². The van der Waals surface area contributed by atoms with E-state index in [-0.39, 0.29) is 18.4 Å². The number of carbonyl (C=O) groups excluding carboxylic acids is 2. The first-order valence-corrected chi connectivity index (χ1v) is 9.59. The Balaban J connectivity index is 1.63. The minimum absolute atomic E-state index is 0.0771. The maximum Gasteiger partial charge on any atom is 0.329 e. The molecular formula is C18H18N2O3S2. The van der Waals surface area contributed by atoms with Gasteiger partial charge >= 0.3 is 5.97 Å². The van der Waals surface area contributed by atoms with Crippen molar-refractivity contribution in [3.63, 3.8) is 0 Å². The van der Waals surface area contributed by atoms with Crippen LogP contribution in [0.2, 0.25) is 0 Å². The quantitative estimate of drug-likeness (QED) is 0.665. The van der Waals surface area contributed by atoms with E-state index in [2.05, 4.69) is 10.3 Å². The molecule has 7 heteroatoms. The van der Waals surface area contributed by atoms with Gasteiger partial charge in [-0.25, -0.2) is 9.78 Å². The highest BCUT2D eigenvalue weighted by Crippen LogP contribution is 2.22. The van der Waals surface area contributed by atoms with Crippen LogP contribution in [0, 0.1) is 5.92 Å². The first-order chi connectivity index (χ1) is 12.0. The van der Waals surface area contributed by atoms with Crippen LogP contribution < -0.4 is 5.32 Å². The first-order valence-electron chi connectivity index (χ1n) is 7.90. The van der Waals surface area contributed by atoms with Crippen molar-refractivity contribution in [1.82, 2.24) is 10.3 Å². The second-order valence-corrected chi connectivity index (χ2v) is 7.92. The van der Waals surface area contributed by atoms with Crippen LogP contribution in [0.3, 0.4) is 0 Å². The summed E-state index contributed by atoms with van der Waals surface area (Å²) in [4.78, 5) is 29.6. The molecule has 1 N–H and O–H groups in total. The Bertz CT molecular complexity index is 838. The molecule has 0 saturated carbocycles. The highest BCUT2D eigenvalue weighted by Gasteiger charge is 2.26. The molecule has 1 amide bonds. The SMILES string of the molecule is CC(C)[C@H](NC(=O)c1cccs1)C(=O)OCc1nc2ccccc2s1. The van der Waals surface area contributed by atoms with Crippen molar-refractivity contribution in [2.24, 2.45) is 5.92 Å². The van der Waals surface area contributed by atoms with Crippen LogP contribution in [0.4, 0.5) is 0 Å². The number of rotatable bonds is 6. The summed E-state index contributed by atoms with van der Waals surface area (Å²) in [6.45, 7) is 3.85. The Kier molecular flexibility index (Phi) is 5.45. The third-order valence-corrected chi connectivity index (χ3v) is 5.51. The Hall–Kier alpha value is -2.25. The number of nitrogens with one attached hydrogen (secondary N) is 1. The molecule has 3 rings (SSSR count). The van der Waals surface area contributed by atoms with Crippen LogP contribution in [-0.4, -0.2) is 22.9 Å². The molecule has 0 unspecified atom stereocenters. The second kappa shape index (κ2) is 7.76. The molecule has 1 aromatic carbocycles. The number of nitrogens with zero attached hydrogens (tertiary/aromatic N) is 1. The summed E-state index contributed by atoms with van der Waals surface area (Å²) in [7, 11) is 0. The fraction of sp³-hybridized carbons (Fsp3) is 0.278. The van der Waals surface area contributed by atoms with E-state index in [1.165, 1.54) is 22.7 Å². The number of ether oxygens (including phenoxy) is 1. The van der Waals surface area contributed by atoms with Gasteiger partial charge in [0.2, 0.25) is 0 Å². The molecule has 5 nitrogen and oxygen atoms in total. The average molecular weight is 374 g/mol. The van der Waals surface area contributed by atoms with Crippen LogP contribution in [0.25, 0.3) is 10.2 Å². The maximum absolute atomic E-state index is 12.4. The van der Waals surface area contributed by atoms with E-state index in [1.807, 2.05) is 43.5 Å². The van der Waals surface area contributed by atoms with Gasteiger partial charge in [-0.1, -0.05) is 32.0 Å². The summed E-state index contributed by atoms with van der Waals surface area (Å²) in [5.41, 5.74) is 0.893. The van der Waals surface area contributed by atoms with E-state index in [9.17, 15) is 9.59 Å². The van der Waals surface area contributed by atoms with Gasteiger partial charge in [-0.3, -0.25) is 4.79 Å². The van der Waals surface area contributed by atoms with Gasteiger partial charge in [0.15, 0.2) is 0 Å². The number of thiophene rings is 1. The normalized spacial score (nSPS) is 12.3. The van der Waals surface area contributed by atoms with E-state index < -0.39 is 12.0 Å². The Labute approximate surface area is 153 Å². The summed E-state index contributed by atoms with van der Waals surface area (Å²) in [6.07, 6.45) is 0. The average Bonchev–Trinajstić information content (AvgIpc) is 3.25. The van der Waals surface area contributed by atoms with Gasteiger partial charge in [0, 0.05) is 0 Å². The largest absolute Gasteiger partial charge is 0.457 e. The van der Waals surface area contributed by atoms with Crippen LogP contribution in [0.15, 0.2) is 41.8 Å². The predicted octanol–water partition coefficient (Wildman–Crippen LogP) is 3.86. The summed E-state index contributed by atoms with van der Waals surface area (Å²) in [5.74, 6) is -0.781. The molecule has 0 aliphatic heterocycles. The number of fused-ring (bicyclic) bond motifs is 1. The molecular weight excluding hydrogens is 356 g/mol. The zero-order valence-corrected chi connectivity index (χ0v) is 15.5. The van der Waals surface area contributed by atoms with Gasteiger partial charge < -0.3 is 10.1 Å². The van der Waals surface area contributed by atoms with Crippen LogP contribution in [0.1, 0.15) is 28.5 Å². The zero-order valence-electron chi connectivity index (χ0n) is 13.9. The Morgan fingerprint density at radius 3 is 2.68 bits per heavy atom. The summed E-state index contributed by atoms with van der Waals surface area (Å²) in [6, 6.07) is 10.6. The van der Waals surface area contributed by atoms with Crippen molar-refractivity contribution in [2.75, 3.05) is 0 Å². The topological polar surface area (TPSA) is 68.3 Å². The lowest BCUT2D eigenvalue weighted by atomic mass is 10.0. The molecule has 0 bridgehead atoms. The van der Waals surface area contributed by atoms with Crippen LogP contribution in [-0.2, 0) is 16.1 Å². The van der Waals surface area contributed by atoms with Gasteiger partial charge in [-0.2, -0.15) is 0 Å². The molecule has 0 radical (unpaired) electrons. The minimum Gasteiger partial charge on any atom is -0.457 e. The standard InChI is InChI=1S/C18H18N2O3S2/c1-11(2)16(20-17(21)14-8-5-9-24-14)18(22)23-10-15-19-12-6-3-4-7-13(12)25-15/h3-9,11,16H,10H2,1-2H3,(H,20,21)/t16-/m0/s1. The lowest BCUT2D eigenvalue weighted by Gasteiger charge is -2.20. The molecule has 25 heavy (non-hydrogen) atoms. The minimum atomic E-state index is -0.691. The second-order valence-electron chi connectivity index (χ2n) is 5.86. The summed E-state index contributed by atoms with van der Waals surface area (Å²) < 4.78 is 6.45. The molecule has 2 heterocycles. The monoisotopic (exact) mass is 374 g/mol. The smallest absolute Gasteiger partial charge is 0.329 e. The number of para-hydroxylation sites is 1. The molecule has 3 aromatic rings. The molecule has 130 valence electrons. The molecule has 0 aliphatic carbocycles. The van der Waals surface area contributed by atoms with Gasteiger partial charge in [-0.15, -0.1) is 22.7 Å². The van der Waals surface area contributed by atoms with Crippen molar-refractivity contribution in [3.8, 4) is 0 Å². The van der Waals surface area contributed by atoms with Crippen molar-refractivity contribution in [3.05, 3.63) is 51.7 Å². The Morgan fingerprint density at radius 1 is 1.20 bits per heavy atom. The molecule has 0 fully saturated rings. The molecule has 0 saturated heterocycles. The molecule has 0 aliphatic rings. The van der Waals surface area contributed by atoms with E-state index in [1.54, 1.807) is 12.1 Å². The number of amides is 1. The van der Waals surface area contributed by atoms with Crippen LogP contribution in [0.5, 0.6) is 0 Å². The van der Waals surface area contributed by atoms with E-state index in [0.29, 0.717) is 4.88 Å². The third kappa shape index (κ3) is 4.24. The lowest BCUT2D eigenvalue weighted by Crippen LogP contribution is -2.45. The number of thiazole rings is 1. The van der Waals surface area contributed by atoms with E-state index in [0.717, 1.165) is 15.2 Å². The molecule has 0 spiro atoms. The number of esters is 1. The van der Waals surface area contributed by atoms with Crippen molar-refractivity contribution in [2.45, 2.75) is 26.5 Å². The highest BCUT2D eigenvalue weighted by atomic mass is 32.1. The fourth-order valence-electron chi connectivity index (χ4n) is 2.32. The first kappa shape index (κ1) is 17.6. The van der Waals surface area contributed by atoms with Crippen molar-refractivity contribution in [1.29, 1.82) is 0 Å². The number of hydrogen-bond acceptors (Lipinski definition) is 6. The summed E-state index contributed by atoms with van der Waals surface area (Å²) in [5, 5.41) is 5.32. The number of aromatic nitrogens is 1. The molecule has 2 aromatic heterocycles. The highest BCUT2D eigenvalue weighted by molar-refractivity contribution is 7.18. The van der Waals surface area contributed by atoms with Gasteiger partial charge in [0.1, 0.15) is 17.7 Å². The third-order valence-electron chi connectivity index (χ3n) is 3.63. The summed E-state index contributed by atoms with van der Waals surface area (Å²) >= 11 is 2.83. The van der Waals surface area contributed by atoms with Gasteiger partial charge in [-0.05, 0) is 29.5 Å². The maximum atomic E-state index is 12.4.